The van der Waals surface area contributed by atoms with Crippen molar-refractivity contribution < 1.29 is 8.42 Å². The molecular weight excluding hydrogens is 198 g/mol. The second kappa shape index (κ2) is 4.39. The van der Waals surface area contributed by atoms with Gasteiger partial charge in [-0.3, -0.25) is 0 Å². The van der Waals surface area contributed by atoms with Crippen LogP contribution in [0.3, 0.4) is 0 Å². The minimum atomic E-state index is -3.36. The van der Waals surface area contributed by atoms with E-state index in [1.54, 1.807) is 24.3 Å². The lowest BCUT2D eigenvalue weighted by molar-refractivity contribution is 0.585. The first-order chi connectivity index (χ1) is 6.56. The number of sulfonamides is 1. The molecule has 3 nitrogen and oxygen atoms in total. The van der Waals surface area contributed by atoms with Crippen LogP contribution in [0.25, 0.3) is 0 Å². The molecule has 0 fully saturated rings. The number of rotatable bonds is 4. The van der Waals surface area contributed by atoms with Gasteiger partial charge >= 0.3 is 0 Å². The van der Waals surface area contributed by atoms with Gasteiger partial charge in [0.05, 0.1) is 4.90 Å². The van der Waals surface area contributed by atoms with Crippen LogP contribution < -0.4 is 4.72 Å². The highest BCUT2D eigenvalue weighted by Crippen LogP contribution is 2.09. The number of benzene rings is 1. The third-order valence-electron chi connectivity index (χ3n) is 1.75. The summed E-state index contributed by atoms with van der Waals surface area (Å²) in [5, 5.41) is 0. The van der Waals surface area contributed by atoms with Crippen molar-refractivity contribution in [1.29, 1.82) is 0 Å². The first-order valence-corrected chi connectivity index (χ1v) is 5.72. The Balaban J connectivity index is 2.93. The van der Waals surface area contributed by atoms with Gasteiger partial charge in [0, 0.05) is 6.54 Å². The van der Waals surface area contributed by atoms with Crippen LogP contribution in [0.5, 0.6) is 0 Å². The Morgan fingerprint density at radius 2 is 1.93 bits per heavy atom. The zero-order valence-corrected chi connectivity index (χ0v) is 8.84. The number of hydrogen-bond donors (Lipinski definition) is 1. The molecule has 4 heteroatoms. The highest BCUT2D eigenvalue weighted by Gasteiger charge is 2.11. The van der Waals surface area contributed by atoms with Crippen LogP contribution in [0.15, 0.2) is 41.8 Å². The average Bonchev–Trinajstić information content (AvgIpc) is 2.16. The van der Waals surface area contributed by atoms with Gasteiger partial charge in [-0.25, -0.2) is 13.1 Å². The standard InChI is InChI=1S/C10H13NO2S/c1-3-8-11-14(12,13)10-6-4-9(2)5-7-10/h3-7,11H,1,8H2,2H3. The molecule has 76 valence electrons. The van der Waals surface area contributed by atoms with E-state index in [4.69, 9.17) is 0 Å². The highest BCUT2D eigenvalue weighted by molar-refractivity contribution is 7.89. The van der Waals surface area contributed by atoms with E-state index in [0.29, 0.717) is 0 Å². The Morgan fingerprint density at radius 1 is 1.36 bits per heavy atom. The molecule has 0 aliphatic carbocycles. The van der Waals surface area contributed by atoms with E-state index in [9.17, 15) is 8.42 Å². The number of nitrogens with one attached hydrogen (secondary N) is 1. The molecule has 0 saturated carbocycles. The van der Waals surface area contributed by atoms with Gasteiger partial charge in [-0.2, -0.15) is 0 Å². The number of aryl methyl sites for hydroxylation is 1. The molecule has 1 aromatic carbocycles. The maximum atomic E-state index is 11.5. The van der Waals surface area contributed by atoms with E-state index in [-0.39, 0.29) is 11.4 Å². The molecule has 0 atom stereocenters. The largest absolute Gasteiger partial charge is 0.240 e. The molecule has 0 saturated heterocycles. The molecule has 1 rings (SSSR count). The smallest absolute Gasteiger partial charge is 0.207 e. The minimum absolute atomic E-state index is 0.246. The lowest BCUT2D eigenvalue weighted by Gasteiger charge is -2.04. The summed E-state index contributed by atoms with van der Waals surface area (Å²) in [5.41, 5.74) is 1.03. The van der Waals surface area contributed by atoms with Gasteiger partial charge < -0.3 is 0 Å². The highest BCUT2D eigenvalue weighted by atomic mass is 32.2. The van der Waals surface area contributed by atoms with E-state index in [1.807, 2.05) is 6.92 Å². The van der Waals surface area contributed by atoms with Gasteiger partial charge in [0.2, 0.25) is 10.0 Å². The van der Waals surface area contributed by atoms with E-state index in [1.165, 1.54) is 6.08 Å². The van der Waals surface area contributed by atoms with E-state index >= 15 is 0 Å². The van der Waals surface area contributed by atoms with Crippen LogP contribution in [0.1, 0.15) is 5.56 Å². The monoisotopic (exact) mass is 211 g/mol. The quantitative estimate of drug-likeness (QED) is 0.766. The van der Waals surface area contributed by atoms with Crippen LogP contribution in [0, 0.1) is 6.92 Å². The van der Waals surface area contributed by atoms with E-state index in [2.05, 4.69) is 11.3 Å². The summed E-state index contributed by atoms with van der Waals surface area (Å²) in [5.74, 6) is 0. The molecular formula is C10H13NO2S. The van der Waals surface area contributed by atoms with Crippen molar-refractivity contribution in [3.63, 3.8) is 0 Å². The average molecular weight is 211 g/mol. The first kappa shape index (κ1) is 10.9. The minimum Gasteiger partial charge on any atom is -0.207 e. The van der Waals surface area contributed by atoms with Crippen molar-refractivity contribution in [2.24, 2.45) is 0 Å². The van der Waals surface area contributed by atoms with Crippen molar-refractivity contribution in [2.75, 3.05) is 6.54 Å². The van der Waals surface area contributed by atoms with Gasteiger partial charge in [-0.1, -0.05) is 23.8 Å². The Kier molecular flexibility index (Phi) is 3.43. The van der Waals surface area contributed by atoms with Gasteiger partial charge in [-0.05, 0) is 19.1 Å². The predicted molar refractivity (Wildman–Crippen MR) is 56.6 cm³/mol. The van der Waals surface area contributed by atoms with E-state index in [0.717, 1.165) is 5.56 Å². The molecule has 0 aliphatic heterocycles. The Bertz CT molecular complexity index is 406. The topological polar surface area (TPSA) is 46.2 Å². The van der Waals surface area contributed by atoms with Crippen LogP contribution in [-0.4, -0.2) is 15.0 Å². The third kappa shape index (κ3) is 2.68. The van der Waals surface area contributed by atoms with Crippen LogP contribution >= 0.6 is 0 Å². The maximum absolute atomic E-state index is 11.5. The zero-order chi connectivity index (χ0) is 10.6. The molecule has 0 aliphatic rings. The summed E-state index contributed by atoms with van der Waals surface area (Å²) in [6.45, 7) is 5.60. The molecule has 1 aromatic rings. The van der Waals surface area contributed by atoms with Crippen LogP contribution in [0.4, 0.5) is 0 Å². The molecule has 0 heterocycles. The molecule has 0 spiro atoms. The fourth-order valence-corrected chi connectivity index (χ4v) is 1.97. The van der Waals surface area contributed by atoms with Crippen LogP contribution in [0.2, 0.25) is 0 Å². The SMILES string of the molecule is C=CCNS(=O)(=O)c1ccc(C)cc1. The van der Waals surface area contributed by atoms with Crippen molar-refractivity contribution in [3.05, 3.63) is 42.5 Å². The Morgan fingerprint density at radius 3 is 2.43 bits per heavy atom. The first-order valence-electron chi connectivity index (χ1n) is 4.23. The molecule has 14 heavy (non-hydrogen) atoms. The number of hydrogen-bond acceptors (Lipinski definition) is 2. The van der Waals surface area contributed by atoms with Gasteiger partial charge in [0.25, 0.3) is 0 Å². The summed E-state index contributed by atoms with van der Waals surface area (Å²) in [6.07, 6.45) is 1.51. The predicted octanol–water partition coefficient (Wildman–Crippen LogP) is 1.46. The van der Waals surface area contributed by atoms with Gasteiger partial charge in [-0.15, -0.1) is 6.58 Å². The summed E-state index contributed by atoms with van der Waals surface area (Å²) >= 11 is 0. The Labute approximate surface area is 84.5 Å². The summed E-state index contributed by atoms with van der Waals surface area (Å²) in [4.78, 5) is 0.282. The summed E-state index contributed by atoms with van der Waals surface area (Å²) in [7, 11) is -3.36. The van der Waals surface area contributed by atoms with Gasteiger partial charge in [0.1, 0.15) is 0 Å². The zero-order valence-electron chi connectivity index (χ0n) is 8.03. The van der Waals surface area contributed by atoms with Crippen molar-refractivity contribution >= 4 is 10.0 Å². The van der Waals surface area contributed by atoms with Crippen molar-refractivity contribution in [1.82, 2.24) is 4.72 Å². The lowest BCUT2D eigenvalue weighted by Crippen LogP contribution is -2.23. The summed E-state index contributed by atoms with van der Waals surface area (Å²) < 4.78 is 25.5. The van der Waals surface area contributed by atoms with Crippen LogP contribution in [-0.2, 0) is 10.0 Å². The summed E-state index contributed by atoms with van der Waals surface area (Å²) in [6, 6.07) is 6.70. The molecule has 0 bridgehead atoms. The van der Waals surface area contributed by atoms with E-state index < -0.39 is 10.0 Å². The Hall–Kier alpha value is -1.13. The molecule has 0 radical (unpaired) electrons. The molecule has 0 aromatic heterocycles. The third-order valence-corrected chi connectivity index (χ3v) is 3.19. The fourth-order valence-electron chi connectivity index (χ4n) is 0.969. The molecule has 0 amide bonds. The lowest BCUT2D eigenvalue weighted by atomic mass is 10.2. The fraction of sp³-hybridized carbons (Fsp3) is 0.200. The molecule has 1 N–H and O–H groups in total. The second-order valence-corrected chi connectivity index (χ2v) is 4.72. The maximum Gasteiger partial charge on any atom is 0.240 e. The molecule has 0 unspecified atom stereocenters. The van der Waals surface area contributed by atoms with Gasteiger partial charge in [0.15, 0.2) is 0 Å². The van der Waals surface area contributed by atoms with Crippen molar-refractivity contribution in [3.8, 4) is 0 Å². The normalized spacial score (nSPS) is 11.2. The van der Waals surface area contributed by atoms with Crippen molar-refractivity contribution in [2.45, 2.75) is 11.8 Å². The second-order valence-electron chi connectivity index (χ2n) is 2.95.